The fraction of sp³-hybridized carbons (Fsp3) is 0.720. The summed E-state index contributed by atoms with van der Waals surface area (Å²) in [6.45, 7) is 15.6. The molecule has 1 aliphatic heterocycles. The van der Waals surface area contributed by atoms with Crippen LogP contribution >= 0.6 is 0 Å². The van der Waals surface area contributed by atoms with Crippen LogP contribution in [-0.4, -0.2) is 178 Å². The van der Waals surface area contributed by atoms with E-state index in [9.17, 15) is 43.9 Å². The summed E-state index contributed by atoms with van der Waals surface area (Å²) in [4.78, 5) is 113. The van der Waals surface area contributed by atoms with Crippen molar-refractivity contribution in [3.05, 3.63) is 40.3 Å². The van der Waals surface area contributed by atoms with Crippen LogP contribution in [0.15, 0.2) is 29.4 Å². The minimum Gasteiger partial charge on any atom is -0.379 e. The number of likely N-dealkylation sites (N-methyl/N-ethyl adjacent to an activating group) is 2. The number of rotatable bonds is 31. The molecule has 0 aliphatic carbocycles. The van der Waals surface area contributed by atoms with Crippen LogP contribution in [0.3, 0.4) is 0 Å². The standard InChI is InChI=1S/C50H84N12O11/c1-15-30(6)44(61(12)50(70)33(9)55-49(69)43(29(4)5)60(10)11)38(71-13)24-41(65)62-22-16-17-37(62)45(72-14)31(7)46(66)57-36(25-53-59-52)23-34-18-20-35(21-19-34)56-47(67)32(8)54-48(68)42(28(2)3)58-40(64)27-73-26-39(51)63/h18-21,28-33,36-38,42-45H,15-17,22-27H2,1-14H3,(H2,51,63)(H,54,68)(H,55,69)(H,56,67)(H,57,66)(H,58,64)/t30-,31+,32-,33-,36-,37-,38+,42-,43-,44?,45+/m0/s1. The third kappa shape index (κ3) is 19.5. The van der Waals surface area contributed by atoms with Crippen molar-refractivity contribution in [1.82, 2.24) is 36.0 Å². The van der Waals surface area contributed by atoms with Crippen molar-refractivity contribution in [3.8, 4) is 0 Å². The second-order valence-electron chi connectivity index (χ2n) is 20.0. The Hall–Kier alpha value is -5.87. The van der Waals surface area contributed by atoms with Crippen molar-refractivity contribution < 1.29 is 52.6 Å². The summed E-state index contributed by atoms with van der Waals surface area (Å²) in [5.41, 5.74) is 15.4. The van der Waals surface area contributed by atoms with Gasteiger partial charge in [-0.05, 0) is 88.2 Å². The molecule has 2 rings (SSSR count). The molecule has 0 spiro atoms. The first kappa shape index (κ1) is 63.2. The van der Waals surface area contributed by atoms with E-state index in [1.165, 1.54) is 21.1 Å². The number of hydrogen-bond acceptors (Lipinski definition) is 13. The Morgan fingerprint density at radius 3 is 1.99 bits per heavy atom. The zero-order valence-corrected chi connectivity index (χ0v) is 45.4. The minimum absolute atomic E-state index is 0.0152. The van der Waals surface area contributed by atoms with Gasteiger partial charge >= 0.3 is 0 Å². The molecule has 0 radical (unpaired) electrons. The molecule has 1 heterocycles. The number of amides is 8. The Morgan fingerprint density at radius 1 is 0.822 bits per heavy atom. The van der Waals surface area contributed by atoms with Crippen molar-refractivity contribution in [2.24, 2.45) is 34.5 Å². The molecule has 11 atom stereocenters. The smallest absolute Gasteiger partial charge is 0.246 e. The van der Waals surface area contributed by atoms with Crippen molar-refractivity contribution in [1.29, 1.82) is 0 Å². The largest absolute Gasteiger partial charge is 0.379 e. The Morgan fingerprint density at radius 2 is 1.45 bits per heavy atom. The summed E-state index contributed by atoms with van der Waals surface area (Å²) < 4.78 is 16.9. The predicted molar refractivity (Wildman–Crippen MR) is 275 cm³/mol. The van der Waals surface area contributed by atoms with Gasteiger partial charge in [0.15, 0.2) is 0 Å². The maximum absolute atomic E-state index is 14.3. The molecule has 8 amide bonds. The van der Waals surface area contributed by atoms with Crippen LogP contribution in [-0.2, 0) is 59.0 Å². The molecule has 0 saturated carbocycles. The fourth-order valence-corrected chi connectivity index (χ4v) is 9.36. The highest BCUT2D eigenvalue weighted by Crippen LogP contribution is 2.30. The number of anilines is 1. The Bertz CT molecular complexity index is 2040. The van der Waals surface area contributed by atoms with Crippen LogP contribution < -0.4 is 32.3 Å². The van der Waals surface area contributed by atoms with Gasteiger partial charge in [0.1, 0.15) is 31.3 Å². The topological polar surface area (TPSA) is 309 Å². The van der Waals surface area contributed by atoms with Gasteiger partial charge in [-0.2, -0.15) is 0 Å². The van der Waals surface area contributed by atoms with Crippen LogP contribution in [0.1, 0.15) is 93.6 Å². The molecule has 0 aromatic heterocycles. The number of carbonyl (C=O) groups excluding carboxylic acids is 8. The minimum atomic E-state index is -0.997. The molecule has 1 fully saturated rings. The summed E-state index contributed by atoms with van der Waals surface area (Å²) in [6.07, 6.45) is 0.766. The second kappa shape index (κ2) is 31.0. The highest BCUT2D eigenvalue weighted by atomic mass is 16.5. The molecule has 0 bridgehead atoms. The monoisotopic (exact) mass is 1030 g/mol. The highest BCUT2D eigenvalue weighted by molar-refractivity contribution is 5.98. The van der Waals surface area contributed by atoms with E-state index < -0.39 is 97.3 Å². The van der Waals surface area contributed by atoms with E-state index in [2.05, 4.69) is 36.6 Å². The molecule has 1 unspecified atom stereocenters. The number of benzene rings is 1. The van der Waals surface area contributed by atoms with E-state index in [4.69, 9.17) is 19.9 Å². The van der Waals surface area contributed by atoms with Crippen molar-refractivity contribution >= 4 is 52.9 Å². The summed E-state index contributed by atoms with van der Waals surface area (Å²) in [6, 6.07) is 1.93. The van der Waals surface area contributed by atoms with Gasteiger partial charge in [-0.3, -0.25) is 43.3 Å². The van der Waals surface area contributed by atoms with Crippen molar-refractivity contribution in [2.45, 2.75) is 149 Å². The molecule has 1 aromatic carbocycles. The molecule has 1 saturated heterocycles. The third-order valence-electron chi connectivity index (χ3n) is 13.4. The van der Waals surface area contributed by atoms with Gasteiger partial charge in [0.05, 0.1) is 42.7 Å². The number of carbonyl (C=O) groups is 8. The van der Waals surface area contributed by atoms with E-state index >= 15 is 0 Å². The van der Waals surface area contributed by atoms with E-state index in [1.54, 1.807) is 68.8 Å². The Kier molecular flexibility index (Phi) is 26.9. The van der Waals surface area contributed by atoms with Gasteiger partial charge in [-0.15, -0.1) is 0 Å². The average molecular weight is 1030 g/mol. The zero-order chi connectivity index (χ0) is 55.3. The lowest BCUT2D eigenvalue weighted by molar-refractivity contribution is -0.147. The molecule has 23 nitrogen and oxygen atoms in total. The number of hydrogen-bond donors (Lipinski definition) is 6. The zero-order valence-electron chi connectivity index (χ0n) is 45.4. The van der Waals surface area contributed by atoms with Gasteiger partial charge in [-0.25, -0.2) is 0 Å². The van der Waals surface area contributed by atoms with Crippen LogP contribution in [0, 0.1) is 23.7 Å². The Labute approximate surface area is 431 Å². The van der Waals surface area contributed by atoms with Crippen molar-refractivity contribution in [2.75, 3.05) is 67.0 Å². The quantitative estimate of drug-likeness (QED) is 0.0354. The molecular weight excluding hydrogens is 945 g/mol. The van der Waals surface area contributed by atoms with Gasteiger partial charge in [0.25, 0.3) is 0 Å². The number of nitrogens with two attached hydrogens (primary N) is 1. The Balaban J connectivity index is 2.15. The number of methoxy groups -OCH3 is 2. The normalized spacial score (nSPS) is 17.7. The fourth-order valence-electron chi connectivity index (χ4n) is 9.36. The number of ether oxygens (including phenoxy) is 3. The molecule has 1 aromatic rings. The average Bonchev–Trinajstić information content (AvgIpc) is 3.81. The number of nitrogens with zero attached hydrogens (tertiary/aromatic N) is 6. The third-order valence-corrected chi connectivity index (χ3v) is 13.4. The summed E-state index contributed by atoms with van der Waals surface area (Å²) in [5.74, 6) is -4.81. The van der Waals surface area contributed by atoms with Gasteiger partial charge in [0.2, 0.25) is 47.3 Å². The summed E-state index contributed by atoms with van der Waals surface area (Å²) >= 11 is 0. The maximum atomic E-state index is 14.3. The van der Waals surface area contributed by atoms with Crippen molar-refractivity contribution in [3.63, 3.8) is 0 Å². The van der Waals surface area contributed by atoms with E-state index in [0.29, 0.717) is 31.5 Å². The lowest BCUT2D eigenvalue weighted by Gasteiger charge is -2.40. The molecule has 23 heteroatoms. The van der Waals surface area contributed by atoms with Gasteiger partial charge < -0.3 is 56.3 Å². The SMILES string of the molecule is CC[C@H](C)C([C@@H](CC(=O)N1CCC[C@H]1[C@H](OC)[C@@H](C)C(=O)N[C@H](CN=[N+]=[N-])Cc1ccc(NC(=O)[C@H](C)NC(=O)[C@@H](NC(=O)COCC(N)=O)C(C)C)cc1)OC)N(C)C(=O)[C@H](C)NC(=O)[C@H](C(C)C)N(C)C. The second-order valence-corrected chi connectivity index (χ2v) is 20.0. The van der Waals surface area contributed by atoms with Crippen LogP contribution in [0.25, 0.3) is 10.4 Å². The summed E-state index contributed by atoms with van der Waals surface area (Å²) in [7, 11) is 8.33. The first-order chi connectivity index (χ1) is 34.3. The first-order valence-corrected chi connectivity index (χ1v) is 25.1. The van der Waals surface area contributed by atoms with E-state index in [-0.39, 0.29) is 60.8 Å². The molecule has 410 valence electrons. The lowest BCUT2D eigenvalue weighted by atomic mass is 9.90. The molecule has 1 aliphatic rings. The number of primary amides is 1. The lowest BCUT2D eigenvalue weighted by Crippen LogP contribution is -2.57. The maximum Gasteiger partial charge on any atom is 0.246 e. The van der Waals surface area contributed by atoms with Crippen LogP contribution in [0.2, 0.25) is 0 Å². The van der Waals surface area contributed by atoms with Gasteiger partial charge in [0, 0.05) is 51.0 Å². The number of likely N-dealkylation sites (tertiary alicyclic amines) is 1. The molecule has 7 N–H and O–H groups in total. The first-order valence-electron chi connectivity index (χ1n) is 25.1. The van der Waals surface area contributed by atoms with Crippen LogP contribution in [0.4, 0.5) is 5.69 Å². The highest BCUT2D eigenvalue weighted by Gasteiger charge is 2.43. The van der Waals surface area contributed by atoms with Crippen LogP contribution in [0.5, 0.6) is 0 Å². The number of nitrogens with one attached hydrogen (secondary N) is 5. The molecule has 73 heavy (non-hydrogen) atoms. The molecular formula is C50H84N12O11. The van der Waals surface area contributed by atoms with E-state index in [1.807, 2.05) is 46.7 Å². The number of azide groups is 1. The van der Waals surface area contributed by atoms with E-state index in [0.717, 1.165) is 5.56 Å². The summed E-state index contributed by atoms with van der Waals surface area (Å²) in [5, 5.41) is 17.5. The predicted octanol–water partition coefficient (Wildman–Crippen LogP) is 2.12. The van der Waals surface area contributed by atoms with Gasteiger partial charge in [-0.1, -0.05) is 72.1 Å².